The van der Waals surface area contributed by atoms with E-state index in [9.17, 15) is 9.59 Å². The number of rotatable bonds is 7. The first-order valence-electron chi connectivity index (χ1n) is 10.7. The van der Waals surface area contributed by atoms with Gasteiger partial charge in [0.1, 0.15) is 16.2 Å². The zero-order chi connectivity index (χ0) is 22.5. The van der Waals surface area contributed by atoms with E-state index in [1.54, 1.807) is 17.7 Å². The van der Waals surface area contributed by atoms with E-state index < -0.39 is 0 Å². The molecule has 0 unspecified atom stereocenters. The molecule has 4 rings (SSSR count). The second-order valence-corrected chi connectivity index (χ2v) is 10.0. The van der Waals surface area contributed by atoms with Crippen molar-refractivity contribution in [2.45, 2.75) is 25.4 Å². The number of hydrogen-bond acceptors (Lipinski definition) is 7. The van der Waals surface area contributed by atoms with Crippen LogP contribution in [-0.2, 0) is 16.1 Å². The van der Waals surface area contributed by atoms with Crippen molar-refractivity contribution in [3.05, 3.63) is 52.7 Å². The lowest BCUT2D eigenvalue weighted by atomic mass is 10.2. The first kappa shape index (κ1) is 22.7. The predicted octanol–water partition coefficient (Wildman–Crippen LogP) is 2.86. The van der Waals surface area contributed by atoms with Gasteiger partial charge < -0.3 is 10.2 Å². The summed E-state index contributed by atoms with van der Waals surface area (Å²) in [6.45, 7) is 7.75. The molecule has 2 aromatic heterocycles. The highest BCUT2D eigenvalue weighted by Crippen LogP contribution is 2.34. The maximum atomic E-state index is 12.8. The molecule has 1 N–H and O–H groups in total. The number of aryl methyl sites for hydroxylation is 2. The van der Waals surface area contributed by atoms with Crippen LogP contribution >= 0.6 is 23.1 Å². The third-order valence-electron chi connectivity index (χ3n) is 5.69. The van der Waals surface area contributed by atoms with E-state index in [-0.39, 0.29) is 11.8 Å². The van der Waals surface area contributed by atoms with Gasteiger partial charge in [-0.15, -0.1) is 11.3 Å². The summed E-state index contributed by atoms with van der Waals surface area (Å²) >= 11 is 3.15. The zero-order valence-electron chi connectivity index (χ0n) is 18.3. The number of nitrogens with zero attached hydrogens (tertiary/aromatic N) is 4. The number of nitrogens with one attached hydrogen (secondary N) is 1. The molecule has 3 heterocycles. The maximum absolute atomic E-state index is 12.8. The average Bonchev–Trinajstić information content (AvgIpc) is 3.11. The molecule has 168 valence electrons. The fourth-order valence-electron chi connectivity index (χ4n) is 3.69. The minimum atomic E-state index is 0.0124. The van der Waals surface area contributed by atoms with E-state index in [0.717, 1.165) is 20.8 Å². The number of aromatic nitrogens is 2. The van der Waals surface area contributed by atoms with Gasteiger partial charge in [-0.25, -0.2) is 9.97 Å². The molecule has 1 aliphatic rings. The average molecular weight is 470 g/mol. The van der Waals surface area contributed by atoms with Crippen molar-refractivity contribution in [1.82, 2.24) is 25.1 Å². The van der Waals surface area contributed by atoms with Crippen LogP contribution in [-0.4, -0.2) is 70.1 Å². The van der Waals surface area contributed by atoms with Crippen molar-refractivity contribution in [3.63, 3.8) is 0 Å². The van der Waals surface area contributed by atoms with Gasteiger partial charge in [0, 0.05) is 43.0 Å². The summed E-state index contributed by atoms with van der Waals surface area (Å²) in [5.74, 6) is 0.482. The highest BCUT2D eigenvalue weighted by molar-refractivity contribution is 8.00. The van der Waals surface area contributed by atoms with Gasteiger partial charge in [-0.3, -0.25) is 14.5 Å². The predicted molar refractivity (Wildman–Crippen MR) is 129 cm³/mol. The van der Waals surface area contributed by atoms with E-state index in [0.29, 0.717) is 45.0 Å². The molecule has 9 heteroatoms. The number of piperazine rings is 1. The van der Waals surface area contributed by atoms with Gasteiger partial charge >= 0.3 is 0 Å². The Labute approximate surface area is 196 Å². The lowest BCUT2D eigenvalue weighted by molar-refractivity contribution is -0.130. The number of thioether (sulfide) groups is 1. The van der Waals surface area contributed by atoms with Crippen molar-refractivity contribution in [3.8, 4) is 0 Å². The van der Waals surface area contributed by atoms with Gasteiger partial charge in [0.25, 0.3) is 0 Å². The molecule has 0 bridgehead atoms. The van der Waals surface area contributed by atoms with Gasteiger partial charge in [0.05, 0.1) is 12.3 Å². The fraction of sp³-hybridized carbons (Fsp3) is 0.391. The molecule has 1 aliphatic heterocycles. The van der Waals surface area contributed by atoms with Crippen molar-refractivity contribution < 1.29 is 9.59 Å². The normalized spacial score (nSPS) is 14.6. The van der Waals surface area contributed by atoms with Crippen LogP contribution in [0.25, 0.3) is 10.2 Å². The molecular weight excluding hydrogens is 442 g/mol. The number of hydrogen-bond donors (Lipinski definition) is 1. The Hall–Kier alpha value is -2.49. The van der Waals surface area contributed by atoms with Crippen molar-refractivity contribution >= 4 is 45.1 Å². The number of amides is 2. The number of benzene rings is 1. The molecule has 0 atom stereocenters. The van der Waals surface area contributed by atoms with E-state index in [1.165, 1.54) is 22.2 Å². The van der Waals surface area contributed by atoms with Crippen molar-refractivity contribution in [2.24, 2.45) is 0 Å². The smallest absolute Gasteiger partial charge is 0.234 e. The highest BCUT2D eigenvalue weighted by atomic mass is 32.2. The molecule has 1 aromatic carbocycles. The summed E-state index contributed by atoms with van der Waals surface area (Å²) in [7, 11) is 0. The standard InChI is InChI=1S/C23H27N5O2S2/c1-16-17(2)32-23-21(16)22(25-15-26-23)31-14-20(30)28-10-8-27(9-11-28)13-19(29)24-12-18-6-4-3-5-7-18/h3-7,15H,8-14H2,1-2H3,(H,24,29). The van der Waals surface area contributed by atoms with Crippen LogP contribution in [0.1, 0.15) is 16.0 Å². The largest absolute Gasteiger partial charge is 0.351 e. The Kier molecular flexibility index (Phi) is 7.39. The number of fused-ring (bicyclic) bond motifs is 1. The van der Waals surface area contributed by atoms with Crippen LogP contribution in [0.3, 0.4) is 0 Å². The summed E-state index contributed by atoms with van der Waals surface area (Å²) in [4.78, 5) is 40.0. The Morgan fingerprint density at radius 2 is 1.84 bits per heavy atom. The van der Waals surface area contributed by atoms with Crippen LogP contribution in [0.4, 0.5) is 0 Å². The van der Waals surface area contributed by atoms with Gasteiger partial charge in [-0.1, -0.05) is 42.1 Å². The summed E-state index contributed by atoms with van der Waals surface area (Å²) in [6, 6.07) is 9.88. The van der Waals surface area contributed by atoms with Crippen LogP contribution in [0, 0.1) is 13.8 Å². The molecule has 2 amide bonds. The molecule has 0 saturated carbocycles. The molecule has 0 radical (unpaired) electrons. The molecule has 3 aromatic rings. The number of thiophene rings is 1. The first-order valence-corrected chi connectivity index (χ1v) is 12.5. The zero-order valence-corrected chi connectivity index (χ0v) is 20.0. The minimum absolute atomic E-state index is 0.0124. The number of carbonyl (C=O) groups is 2. The summed E-state index contributed by atoms with van der Waals surface area (Å²) < 4.78 is 0. The fourth-order valence-corrected chi connectivity index (χ4v) is 5.71. The van der Waals surface area contributed by atoms with Gasteiger partial charge in [-0.05, 0) is 25.0 Å². The molecule has 32 heavy (non-hydrogen) atoms. The van der Waals surface area contributed by atoms with E-state index in [1.807, 2.05) is 35.2 Å². The summed E-state index contributed by atoms with van der Waals surface area (Å²) in [6.07, 6.45) is 1.58. The van der Waals surface area contributed by atoms with Crippen LogP contribution in [0.15, 0.2) is 41.7 Å². The van der Waals surface area contributed by atoms with Crippen LogP contribution in [0.2, 0.25) is 0 Å². The molecule has 0 aliphatic carbocycles. The molecule has 7 nitrogen and oxygen atoms in total. The Balaban J connectivity index is 1.22. The molecule has 1 saturated heterocycles. The monoisotopic (exact) mass is 469 g/mol. The molecule has 0 spiro atoms. The molecular formula is C23H27N5O2S2. The van der Waals surface area contributed by atoms with E-state index in [2.05, 4.69) is 34.0 Å². The van der Waals surface area contributed by atoms with E-state index >= 15 is 0 Å². The summed E-state index contributed by atoms with van der Waals surface area (Å²) in [5, 5.41) is 4.91. The van der Waals surface area contributed by atoms with Crippen LogP contribution in [0.5, 0.6) is 0 Å². The topological polar surface area (TPSA) is 78.4 Å². The third kappa shape index (κ3) is 5.46. The van der Waals surface area contributed by atoms with Gasteiger partial charge in [-0.2, -0.15) is 0 Å². The van der Waals surface area contributed by atoms with Gasteiger partial charge in [0.15, 0.2) is 0 Å². The Morgan fingerprint density at radius 3 is 2.59 bits per heavy atom. The maximum Gasteiger partial charge on any atom is 0.234 e. The second kappa shape index (κ2) is 10.4. The Morgan fingerprint density at radius 1 is 1.09 bits per heavy atom. The second-order valence-electron chi connectivity index (χ2n) is 7.85. The summed E-state index contributed by atoms with van der Waals surface area (Å²) in [5.41, 5.74) is 2.28. The van der Waals surface area contributed by atoms with Crippen molar-refractivity contribution in [1.29, 1.82) is 0 Å². The first-order chi connectivity index (χ1) is 15.5. The van der Waals surface area contributed by atoms with Gasteiger partial charge in [0.2, 0.25) is 11.8 Å². The minimum Gasteiger partial charge on any atom is -0.351 e. The highest BCUT2D eigenvalue weighted by Gasteiger charge is 2.23. The third-order valence-corrected chi connectivity index (χ3v) is 7.78. The quantitative estimate of drug-likeness (QED) is 0.424. The molecule has 1 fully saturated rings. The SMILES string of the molecule is Cc1sc2ncnc(SCC(=O)N3CCN(CC(=O)NCc4ccccc4)CC3)c2c1C. The Bertz CT molecular complexity index is 1090. The number of carbonyl (C=O) groups excluding carboxylic acids is 2. The van der Waals surface area contributed by atoms with Crippen LogP contribution < -0.4 is 5.32 Å². The lowest BCUT2D eigenvalue weighted by Gasteiger charge is -2.34. The van der Waals surface area contributed by atoms with Crippen molar-refractivity contribution in [2.75, 3.05) is 38.5 Å². The van der Waals surface area contributed by atoms with E-state index in [4.69, 9.17) is 0 Å². The lowest BCUT2D eigenvalue weighted by Crippen LogP contribution is -2.51.